The SMILES string of the molecule is C1=C[C@@H]2c3ccccc3N[C@@H](c3ccc(N=Cc4cccc5ccccc45)cc3)[C@@H]2C1. The fourth-order valence-corrected chi connectivity index (χ4v) is 5.15. The molecule has 1 aliphatic heterocycles. The van der Waals surface area contributed by atoms with Crippen LogP contribution in [-0.4, -0.2) is 6.21 Å². The predicted molar refractivity (Wildman–Crippen MR) is 130 cm³/mol. The van der Waals surface area contributed by atoms with Gasteiger partial charge in [-0.2, -0.15) is 0 Å². The molecule has 0 saturated carbocycles. The summed E-state index contributed by atoms with van der Waals surface area (Å²) >= 11 is 0. The van der Waals surface area contributed by atoms with Gasteiger partial charge in [-0.15, -0.1) is 0 Å². The smallest absolute Gasteiger partial charge is 0.0630 e. The van der Waals surface area contributed by atoms with Crippen molar-refractivity contribution in [3.8, 4) is 0 Å². The Bertz CT molecular complexity index is 1290. The van der Waals surface area contributed by atoms with Crippen molar-refractivity contribution >= 4 is 28.4 Å². The Hall–Kier alpha value is -3.65. The highest BCUT2D eigenvalue weighted by Crippen LogP contribution is 2.49. The minimum absolute atomic E-state index is 0.325. The van der Waals surface area contributed by atoms with E-state index in [4.69, 9.17) is 4.99 Å². The van der Waals surface area contributed by atoms with Crippen molar-refractivity contribution in [1.29, 1.82) is 0 Å². The first kappa shape index (κ1) is 18.1. The molecule has 2 heteroatoms. The number of allylic oxidation sites excluding steroid dienone is 2. The molecule has 1 N–H and O–H groups in total. The van der Waals surface area contributed by atoms with Crippen molar-refractivity contribution in [2.75, 3.05) is 5.32 Å². The van der Waals surface area contributed by atoms with Crippen LogP contribution >= 0.6 is 0 Å². The lowest BCUT2D eigenvalue weighted by molar-refractivity contribution is 0.425. The number of anilines is 1. The van der Waals surface area contributed by atoms with Crippen molar-refractivity contribution < 1.29 is 0 Å². The molecule has 3 atom stereocenters. The number of fused-ring (bicyclic) bond motifs is 4. The highest BCUT2D eigenvalue weighted by atomic mass is 15.0. The summed E-state index contributed by atoms with van der Waals surface area (Å²) in [6.07, 6.45) is 7.83. The second-order valence-corrected chi connectivity index (χ2v) is 8.48. The van der Waals surface area contributed by atoms with E-state index in [0.717, 1.165) is 17.7 Å². The Balaban J connectivity index is 1.27. The molecule has 0 saturated heterocycles. The fourth-order valence-electron chi connectivity index (χ4n) is 5.15. The van der Waals surface area contributed by atoms with Gasteiger partial charge in [0.1, 0.15) is 0 Å². The van der Waals surface area contributed by atoms with Crippen molar-refractivity contribution in [3.05, 3.63) is 120 Å². The molecule has 150 valence electrons. The van der Waals surface area contributed by atoms with Gasteiger partial charge in [0.15, 0.2) is 0 Å². The Labute approximate surface area is 183 Å². The molecular weight excluding hydrogens is 376 g/mol. The number of hydrogen-bond acceptors (Lipinski definition) is 2. The normalized spacial score (nSPS) is 21.7. The van der Waals surface area contributed by atoms with Gasteiger partial charge >= 0.3 is 0 Å². The summed E-state index contributed by atoms with van der Waals surface area (Å²) in [5, 5.41) is 6.28. The highest BCUT2D eigenvalue weighted by Gasteiger charge is 2.37. The van der Waals surface area contributed by atoms with Crippen LogP contribution in [0, 0.1) is 5.92 Å². The first-order chi connectivity index (χ1) is 15.4. The minimum atomic E-state index is 0.325. The van der Waals surface area contributed by atoms with E-state index in [0.29, 0.717) is 17.9 Å². The van der Waals surface area contributed by atoms with Crippen LogP contribution in [0.1, 0.15) is 35.1 Å². The van der Waals surface area contributed by atoms with Crippen molar-refractivity contribution in [1.82, 2.24) is 0 Å². The van der Waals surface area contributed by atoms with E-state index in [-0.39, 0.29) is 0 Å². The maximum absolute atomic E-state index is 4.76. The number of aliphatic imine (C=N–C) groups is 1. The number of para-hydroxylation sites is 1. The zero-order valence-electron chi connectivity index (χ0n) is 17.3. The van der Waals surface area contributed by atoms with Gasteiger partial charge in [-0.3, -0.25) is 4.99 Å². The second kappa shape index (κ2) is 7.55. The Morgan fingerprint density at radius 1 is 0.806 bits per heavy atom. The van der Waals surface area contributed by atoms with E-state index in [1.165, 1.54) is 27.6 Å². The molecule has 4 aromatic carbocycles. The fraction of sp³-hybridized carbons (Fsp3) is 0.138. The first-order valence-corrected chi connectivity index (χ1v) is 11.0. The van der Waals surface area contributed by atoms with Crippen LogP contribution in [-0.2, 0) is 0 Å². The van der Waals surface area contributed by atoms with Crippen molar-refractivity contribution in [2.24, 2.45) is 10.9 Å². The monoisotopic (exact) mass is 400 g/mol. The Kier molecular flexibility index (Phi) is 4.42. The molecule has 0 spiro atoms. The van der Waals surface area contributed by atoms with Gasteiger partial charge in [0.05, 0.1) is 11.7 Å². The highest BCUT2D eigenvalue weighted by molar-refractivity contribution is 6.00. The van der Waals surface area contributed by atoms with Crippen molar-refractivity contribution in [2.45, 2.75) is 18.4 Å². The zero-order valence-corrected chi connectivity index (χ0v) is 17.3. The largest absolute Gasteiger partial charge is 0.378 e. The van der Waals surface area contributed by atoms with E-state index < -0.39 is 0 Å². The lowest BCUT2D eigenvalue weighted by Crippen LogP contribution is -2.28. The van der Waals surface area contributed by atoms with Gasteiger partial charge in [0.2, 0.25) is 0 Å². The molecule has 0 radical (unpaired) electrons. The molecule has 1 aliphatic carbocycles. The summed E-state index contributed by atoms with van der Waals surface area (Å²) in [7, 11) is 0. The molecule has 1 heterocycles. The van der Waals surface area contributed by atoms with Gasteiger partial charge < -0.3 is 5.32 Å². The van der Waals surface area contributed by atoms with Gasteiger partial charge in [-0.25, -0.2) is 0 Å². The van der Waals surface area contributed by atoms with Crippen molar-refractivity contribution in [3.63, 3.8) is 0 Å². The molecule has 6 rings (SSSR count). The van der Waals surface area contributed by atoms with E-state index in [2.05, 4.69) is 108 Å². The number of rotatable bonds is 3. The summed E-state index contributed by atoms with van der Waals surface area (Å²) in [6.45, 7) is 0. The third kappa shape index (κ3) is 3.25. The molecular formula is C29H24N2. The van der Waals surface area contributed by atoms with Gasteiger partial charge in [-0.1, -0.05) is 84.9 Å². The van der Waals surface area contributed by atoms with Crippen LogP contribution in [0.4, 0.5) is 11.4 Å². The number of hydrogen-bond donors (Lipinski definition) is 1. The van der Waals surface area contributed by atoms with Crippen LogP contribution < -0.4 is 5.32 Å². The van der Waals surface area contributed by atoms with E-state index in [1.807, 2.05) is 6.21 Å². The molecule has 0 fully saturated rings. The molecule has 0 bridgehead atoms. The van der Waals surface area contributed by atoms with Crippen LogP contribution in [0.25, 0.3) is 10.8 Å². The first-order valence-electron chi connectivity index (χ1n) is 11.0. The topological polar surface area (TPSA) is 24.4 Å². The lowest BCUT2D eigenvalue weighted by atomic mass is 9.77. The van der Waals surface area contributed by atoms with Gasteiger partial charge in [0, 0.05) is 23.4 Å². The summed E-state index contributed by atoms with van der Waals surface area (Å²) < 4.78 is 0. The number of benzene rings is 4. The van der Waals surface area contributed by atoms with E-state index >= 15 is 0 Å². The number of nitrogens with zero attached hydrogens (tertiary/aromatic N) is 1. The zero-order chi connectivity index (χ0) is 20.6. The molecule has 2 nitrogen and oxygen atoms in total. The summed E-state index contributed by atoms with van der Waals surface area (Å²) in [5.74, 6) is 1.08. The lowest BCUT2D eigenvalue weighted by Gasteiger charge is -2.37. The third-order valence-electron chi connectivity index (χ3n) is 6.70. The number of nitrogens with one attached hydrogen (secondary N) is 1. The van der Waals surface area contributed by atoms with Crippen LogP contribution in [0.5, 0.6) is 0 Å². The third-order valence-corrected chi connectivity index (χ3v) is 6.70. The second-order valence-electron chi connectivity index (χ2n) is 8.48. The van der Waals surface area contributed by atoms with Gasteiger partial charge in [0.25, 0.3) is 0 Å². The van der Waals surface area contributed by atoms with Crippen LogP contribution in [0.3, 0.4) is 0 Å². The van der Waals surface area contributed by atoms with Crippen LogP contribution in [0.15, 0.2) is 108 Å². The van der Waals surface area contributed by atoms with Gasteiger partial charge in [-0.05, 0) is 52.4 Å². The summed E-state index contributed by atoms with van der Waals surface area (Å²) in [4.78, 5) is 4.76. The molecule has 31 heavy (non-hydrogen) atoms. The Morgan fingerprint density at radius 3 is 2.55 bits per heavy atom. The average Bonchev–Trinajstić information content (AvgIpc) is 3.33. The molecule has 0 unspecified atom stereocenters. The summed E-state index contributed by atoms with van der Waals surface area (Å²) in [5.41, 5.74) is 6.14. The maximum atomic E-state index is 4.76. The maximum Gasteiger partial charge on any atom is 0.0630 e. The van der Waals surface area contributed by atoms with E-state index in [1.54, 1.807) is 0 Å². The average molecular weight is 401 g/mol. The molecule has 0 amide bonds. The van der Waals surface area contributed by atoms with Crippen LogP contribution in [0.2, 0.25) is 0 Å². The molecule has 4 aromatic rings. The standard InChI is InChI=1S/C29H24N2/c1-2-10-24-20(7-1)8-5-9-22(24)19-30-23-17-15-21(16-18-23)29-27-13-6-12-25(27)26-11-3-4-14-28(26)31-29/h1-12,14-19,25,27,29,31H,13H2/t25-,27-,29+/m1/s1. The molecule has 2 aliphatic rings. The molecule has 0 aromatic heterocycles. The quantitative estimate of drug-likeness (QED) is 0.281. The van der Waals surface area contributed by atoms with E-state index in [9.17, 15) is 0 Å². The Morgan fingerprint density at radius 2 is 1.61 bits per heavy atom. The minimum Gasteiger partial charge on any atom is -0.378 e. The predicted octanol–water partition coefficient (Wildman–Crippen LogP) is 7.42. The summed E-state index contributed by atoms with van der Waals surface area (Å²) in [6, 6.07) is 32.6.